The summed E-state index contributed by atoms with van der Waals surface area (Å²) in [6, 6.07) is 5.66. The lowest BCUT2D eigenvalue weighted by atomic mass is 10.1. The third-order valence-electron chi connectivity index (χ3n) is 2.98. The van der Waals surface area contributed by atoms with E-state index < -0.39 is 0 Å². The minimum atomic E-state index is 0.281. The van der Waals surface area contributed by atoms with E-state index in [4.69, 9.17) is 22.7 Å². The summed E-state index contributed by atoms with van der Waals surface area (Å²) < 4.78 is 5.89. The summed E-state index contributed by atoms with van der Waals surface area (Å²) in [5, 5.41) is 0. The highest BCUT2D eigenvalue weighted by Gasteiger charge is 2.14. The second kappa shape index (κ2) is 5.96. The normalized spacial score (nSPS) is 10.3. The van der Waals surface area contributed by atoms with Crippen LogP contribution in [-0.4, -0.2) is 15.0 Å². The second-order valence-electron chi connectivity index (χ2n) is 4.53. The first-order valence-corrected chi connectivity index (χ1v) is 6.83. The van der Waals surface area contributed by atoms with Gasteiger partial charge in [0.1, 0.15) is 4.99 Å². The number of ether oxygens (including phenoxy) is 1. The van der Waals surface area contributed by atoms with Gasteiger partial charge in [0, 0.05) is 11.9 Å². The summed E-state index contributed by atoms with van der Waals surface area (Å²) in [5.41, 5.74) is 9.23. The Morgan fingerprint density at radius 3 is 2.70 bits per heavy atom. The highest BCUT2D eigenvalue weighted by atomic mass is 32.1. The number of hydrogen-bond donors (Lipinski definition) is 1. The summed E-state index contributed by atoms with van der Waals surface area (Å²) >= 11 is 5.08. The maximum Gasteiger partial charge on any atom is 0.229 e. The van der Waals surface area contributed by atoms with Crippen LogP contribution < -0.4 is 10.5 Å². The van der Waals surface area contributed by atoms with Crippen LogP contribution in [-0.2, 0) is 6.42 Å². The molecule has 2 rings (SSSR count). The van der Waals surface area contributed by atoms with Crippen molar-refractivity contribution in [1.29, 1.82) is 0 Å². The standard InChI is InChI=1S/C15H17N3OS/c1-4-11-12(6-5-10(3)18-11)19-15-13(14(16)20)9(2)7-8-17-15/h5-8H,4H2,1-3H3,(H2,16,20). The van der Waals surface area contributed by atoms with Gasteiger partial charge in [0.15, 0.2) is 5.75 Å². The molecule has 0 aliphatic heterocycles. The molecular formula is C15H17N3OS. The molecule has 0 bridgehead atoms. The molecule has 0 aromatic carbocycles. The van der Waals surface area contributed by atoms with Gasteiger partial charge in [-0.05, 0) is 44.0 Å². The highest BCUT2D eigenvalue weighted by molar-refractivity contribution is 7.80. The summed E-state index contributed by atoms with van der Waals surface area (Å²) in [4.78, 5) is 8.99. The lowest BCUT2D eigenvalue weighted by molar-refractivity contribution is 0.452. The molecule has 0 spiro atoms. The van der Waals surface area contributed by atoms with Gasteiger partial charge < -0.3 is 10.5 Å². The Hall–Kier alpha value is -2.01. The van der Waals surface area contributed by atoms with Crippen molar-refractivity contribution in [3.8, 4) is 11.6 Å². The van der Waals surface area contributed by atoms with Crippen LogP contribution in [0.15, 0.2) is 24.4 Å². The number of hydrogen-bond acceptors (Lipinski definition) is 4. The van der Waals surface area contributed by atoms with Gasteiger partial charge in [0.05, 0.1) is 11.3 Å². The van der Waals surface area contributed by atoms with Crippen molar-refractivity contribution in [2.24, 2.45) is 5.73 Å². The molecule has 2 N–H and O–H groups in total. The summed E-state index contributed by atoms with van der Waals surface area (Å²) in [6.45, 7) is 5.91. The number of thiocarbonyl (C=S) groups is 1. The Morgan fingerprint density at radius 1 is 1.30 bits per heavy atom. The van der Waals surface area contributed by atoms with E-state index in [-0.39, 0.29) is 4.99 Å². The molecule has 2 aromatic heterocycles. The largest absolute Gasteiger partial charge is 0.436 e. The fraction of sp³-hybridized carbons (Fsp3) is 0.267. The number of aryl methyl sites for hydroxylation is 3. The van der Waals surface area contributed by atoms with Gasteiger partial charge in [-0.1, -0.05) is 19.1 Å². The summed E-state index contributed by atoms with van der Waals surface area (Å²) in [6.07, 6.45) is 2.46. The molecule has 0 aliphatic rings. The molecule has 0 atom stereocenters. The van der Waals surface area contributed by atoms with Crippen molar-refractivity contribution in [2.75, 3.05) is 0 Å². The van der Waals surface area contributed by atoms with Crippen LogP contribution in [0.3, 0.4) is 0 Å². The van der Waals surface area contributed by atoms with E-state index in [1.807, 2.05) is 39.0 Å². The van der Waals surface area contributed by atoms with Gasteiger partial charge in [-0.15, -0.1) is 0 Å². The average Bonchev–Trinajstić information content (AvgIpc) is 2.40. The first-order chi connectivity index (χ1) is 9.52. The fourth-order valence-corrected chi connectivity index (χ4v) is 2.21. The number of nitrogens with zero attached hydrogens (tertiary/aromatic N) is 2. The van der Waals surface area contributed by atoms with Crippen molar-refractivity contribution in [1.82, 2.24) is 9.97 Å². The van der Waals surface area contributed by atoms with Crippen LogP contribution in [0.1, 0.15) is 29.4 Å². The first kappa shape index (κ1) is 14.4. The molecule has 0 fully saturated rings. The van der Waals surface area contributed by atoms with Crippen molar-refractivity contribution >= 4 is 17.2 Å². The van der Waals surface area contributed by atoms with Gasteiger partial charge >= 0.3 is 0 Å². The number of aromatic nitrogens is 2. The van der Waals surface area contributed by atoms with Crippen LogP contribution in [0.5, 0.6) is 11.6 Å². The van der Waals surface area contributed by atoms with Gasteiger partial charge in [0.2, 0.25) is 5.88 Å². The Kier molecular flexibility index (Phi) is 4.29. The minimum Gasteiger partial charge on any atom is -0.436 e. The monoisotopic (exact) mass is 287 g/mol. The maximum absolute atomic E-state index is 5.89. The van der Waals surface area contributed by atoms with Crippen molar-refractivity contribution < 1.29 is 4.74 Å². The molecule has 4 nitrogen and oxygen atoms in total. The zero-order valence-electron chi connectivity index (χ0n) is 11.8. The number of rotatable bonds is 4. The molecule has 104 valence electrons. The highest BCUT2D eigenvalue weighted by Crippen LogP contribution is 2.27. The topological polar surface area (TPSA) is 61.0 Å². The van der Waals surface area contributed by atoms with E-state index in [1.165, 1.54) is 0 Å². The number of pyridine rings is 2. The lowest BCUT2D eigenvalue weighted by Gasteiger charge is -2.13. The Bertz CT molecular complexity index is 656. The van der Waals surface area contributed by atoms with E-state index in [1.54, 1.807) is 6.20 Å². The van der Waals surface area contributed by atoms with Crippen LogP contribution in [0.2, 0.25) is 0 Å². The summed E-state index contributed by atoms with van der Waals surface area (Å²) in [5.74, 6) is 1.12. The molecule has 0 amide bonds. The Morgan fingerprint density at radius 2 is 2.05 bits per heavy atom. The van der Waals surface area contributed by atoms with E-state index in [2.05, 4.69) is 9.97 Å². The summed E-state index contributed by atoms with van der Waals surface area (Å²) in [7, 11) is 0. The zero-order chi connectivity index (χ0) is 14.7. The maximum atomic E-state index is 5.89. The molecule has 2 heterocycles. The quantitative estimate of drug-likeness (QED) is 0.876. The van der Waals surface area contributed by atoms with Crippen molar-refractivity contribution in [3.05, 3.63) is 46.9 Å². The van der Waals surface area contributed by atoms with E-state index in [9.17, 15) is 0 Å². The van der Waals surface area contributed by atoms with Gasteiger partial charge in [0.25, 0.3) is 0 Å². The third-order valence-corrected chi connectivity index (χ3v) is 3.19. The van der Waals surface area contributed by atoms with Crippen LogP contribution in [0.25, 0.3) is 0 Å². The first-order valence-electron chi connectivity index (χ1n) is 6.42. The molecule has 0 unspecified atom stereocenters. The molecule has 0 saturated carbocycles. The molecule has 0 saturated heterocycles. The molecular weight excluding hydrogens is 270 g/mol. The fourth-order valence-electron chi connectivity index (χ4n) is 1.96. The van der Waals surface area contributed by atoms with Gasteiger partial charge in [-0.25, -0.2) is 4.98 Å². The van der Waals surface area contributed by atoms with E-state index >= 15 is 0 Å². The van der Waals surface area contributed by atoms with E-state index in [0.717, 1.165) is 23.4 Å². The van der Waals surface area contributed by atoms with Gasteiger partial charge in [-0.3, -0.25) is 4.98 Å². The van der Waals surface area contributed by atoms with Crippen LogP contribution >= 0.6 is 12.2 Å². The Labute approximate surface area is 124 Å². The Balaban J connectivity index is 2.45. The van der Waals surface area contributed by atoms with Crippen molar-refractivity contribution in [3.63, 3.8) is 0 Å². The van der Waals surface area contributed by atoms with Crippen LogP contribution in [0.4, 0.5) is 0 Å². The molecule has 20 heavy (non-hydrogen) atoms. The molecule has 2 aromatic rings. The average molecular weight is 287 g/mol. The molecule has 0 radical (unpaired) electrons. The van der Waals surface area contributed by atoms with Crippen LogP contribution in [0, 0.1) is 13.8 Å². The molecule has 5 heteroatoms. The van der Waals surface area contributed by atoms with Gasteiger partial charge in [-0.2, -0.15) is 0 Å². The second-order valence-corrected chi connectivity index (χ2v) is 4.97. The van der Waals surface area contributed by atoms with Crippen molar-refractivity contribution in [2.45, 2.75) is 27.2 Å². The predicted molar refractivity (Wildman–Crippen MR) is 83.3 cm³/mol. The predicted octanol–water partition coefficient (Wildman–Crippen LogP) is 3.08. The number of nitrogens with two attached hydrogens (primary N) is 1. The smallest absolute Gasteiger partial charge is 0.229 e. The minimum absolute atomic E-state index is 0.281. The zero-order valence-corrected chi connectivity index (χ0v) is 12.6. The van der Waals surface area contributed by atoms with E-state index in [0.29, 0.717) is 17.2 Å². The SMILES string of the molecule is CCc1nc(C)ccc1Oc1nccc(C)c1C(N)=S. The molecule has 0 aliphatic carbocycles. The third kappa shape index (κ3) is 2.93. The lowest BCUT2D eigenvalue weighted by Crippen LogP contribution is -2.13.